The molecule has 2 N–H and O–H groups in total. The topological polar surface area (TPSA) is 103 Å². The Bertz CT molecular complexity index is 964. The minimum absolute atomic E-state index is 0.0786. The van der Waals surface area contributed by atoms with Crippen molar-refractivity contribution in [1.29, 1.82) is 0 Å². The molecule has 2 aromatic rings. The highest BCUT2D eigenvalue weighted by molar-refractivity contribution is 7.89. The number of benzene rings is 2. The third kappa shape index (κ3) is 4.44. The molecule has 144 valence electrons. The van der Waals surface area contributed by atoms with Gasteiger partial charge in [-0.2, -0.15) is 0 Å². The molecule has 1 heterocycles. The summed E-state index contributed by atoms with van der Waals surface area (Å²) in [6, 6.07) is 8.65. The second-order valence-electron chi connectivity index (χ2n) is 5.56. The van der Waals surface area contributed by atoms with Crippen LogP contribution in [0.5, 0.6) is 17.2 Å². The summed E-state index contributed by atoms with van der Waals surface area (Å²) < 4.78 is 41.0. The number of carbonyl (C=O) groups excluding carboxylic acids is 1. The maximum atomic E-state index is 12.5. The molecule has 1 amide bonds. The predicted molar refractivity (Wildman–Crippen MR) is 97.8 cm³/mol. The first-order chi connectivity index (χ1) is 12.9. The second-order valence-corrected chi connectivity index (χ2v) is 7.68. The molecular formula is C17H17ClN2O6S. The van der Waals surface area contributed by atoms with Gasteiger partial charge in [0.1, 0.15) is 5.75 Å². The van der Waals surface area contributed by atoms with Crippen molar-refractivity contribution in [3.05, 3.63) is 47.0 Å². The lowest BCUT2D eigenvalue weighted by atomic mass is 10.2. The first kappa shape index (κ1) is 19.3. The Morgan fingerprint density at radius 1 is 1.11 bits per heavy atom. The third-order valence-corrected chi connectivity index (χ3v) is 5.21. The molecule has 0 unspecified atom stereocenters. The maximum absolute atomic E-state index is 12.5. The van der Waals surface area contributed by atoms with Crippen molar-refractivity contribution in [2.45, 2.75) is 11.3 Å². The van der Waals surface area contributed by atoms with E-state index in [-0.39, 0.29) is 16.2 Å². The number of carbonyl (C=O) groups is 1. The number of hydrogen-bond donors (Lipinski definition) is 2. The summed E-state index contributed by atoms with van der Waals surface area (Å²) in [5.74, 6) is 0.344. The molecule has 0 atom stereocenters. The fourth-order valence-corrected chi connectivity index (χ4v) is 3.43. The van der Waals surface area contributed by atoms with Gasteiger partial charge in [-0.25, -0.2) is 8.42 Å². The first-order valence-corrected chi connectivity index (χ1v) is 9.82. The van der Waals surface area contributed by atoms with Crippen LogP contribution >= 0.6 is 11.6 Å². The number of methoxy groups -OCH3 is 1. The smallest absolute Gasteiger partial charge is 0.270 e. The largest absolute Gasteiger partial charge is 0.496 e. The summed E-state index contributed by atoms with van der Waals surface area (Å²) in [7, 11) is -2.64. The Hall–Kier alpha value is -2.49. The Balaban J connectivity index is 1.76. The lowest BCUT2D eigenvalue weighted by Crippen LogP contribution is -2.41. The van der Waals surface area contributed by atoms with Crippen LogP contribution < -0.4 is 24.5 Å². The molecule has 27 heavy (non-hydrogen) atoms. The summed E-state index contributed by atoms with van der Waals surface area (Å²) in [5, 5.41) is 0.312. The number of rotatable bonds is 5. The normalized spacial score (nSPS) is 13.6. The number of fused-ring (bicyclic) bond motifs is 1. The fraction of sp³-hybridized carbons (Fsp3) is 0.235. The molecule has 0 radical (unpaired) electrons. The molecule has 10 heteroatoms. The number of amides is 1. The first-order valence-electron chi connectivity index (χ1n) is 7.96. The van der Waals surface area contributed by atoms with Gasteiger partial charge in [0.05, 0.1) is 30.8 Å². The second kappa shape index (κ2) is 8.03. The van der Waals surface area contributed by atoms with Crippen molar-refractivity contribution in [3.63, 3.8) is 0 Å². The van der Waals surface area contributed by atoms with Gasteiger partial charge in [0, 0.05) is 17.5 Å². The SMILES string of the molecule is COc1ccc(Cl)cc1C(=O)NNS(=O)(=O)c1ccc2c(c1)OCCCO2. The van der Waals surface area contributed by atoms with E-state index in [9.17, 15) is 13.2 Å². The summed E-state index contributed by atoms with van der Waals surface area (Å²) in [6.07, 6.45) is 0.701. The van der Waals surface area contributed by atoms with E-state index >= 15 is 0 Å². The van der Waals surface area contributed by atoms with Gasteiger partial charge in [0.15, 0.2) is 11.5 Å². The lowest BCUT2D eigenvalue weighted by molar-refractivity contribution is 0.0942. The van der Waals surface area contributed by atoms with Gasteiger partial charge in [-0.15, -0.1) is 4.83 Å². The van der Waals surface area contributed by atoms with Crippen LogP contribution in [0.3, 0.4) is 0 Å². The number of nitrogens with one attached hydrogen (secondary N) is 2. The molecule has 0 aliphatic carbocycles. The van der Waals surface area contributed by atoms with Gasteiger partial charge >= 0.3 is 0 Å². The minimum atomic E-state index is -4.03. The third-order valence-electron chi connectivity index (χ3n) is 3.73. The van der Waals surface area contributed by atoms with Crippen molar-refractivity contribution in [3.8, 4) is 17.2 Å². The average molecular weight is 413 g/mol. The van der Waals surface area contributed by atoms with Crippen LogP contribution in [0.2, 0.25) is 5.02 Å². The molecule has 3 rings (SSSR count). The zero-order valence-corrected chi connectivity index (χ0v) is 15.9. The predicted octanol–water partition coefficient (Wildman–Crippen LogP) is 2.13. The van der Waals surface area contributed by atoms with Gasteiger partial charge in [-0.05, 0) is 30.3 Å². The number of ether oxygens (including phenoxy) is 3. The van der Waals surface area contributed by atoms with Gasteiger partial charge in [-0.3, -0.25) is 10.2 Å². The van der Waals surface area contributed by atoms with E-state index in [0.717, 1.165) is 0 Å². The highest BCUT2D eigenvalue weighted by Gasteiger charge is 2.21. The van der Waals surface area contributed by atoms with Gasteiger partial charge < -0.3 is 14.2 Å². The van der Waals surface area contributed by atoms with Crippen molar-refractivity contribution in [2.24, 2.45) is 0 Å². The van der Waals surface area contributed by atoms with Crippen LogP contribution in [0, 0.1) is 0 Å². The molecule has 0 saturated carbocycles. The number of hydrogen-bond acceptors (Lipinski definition) is 6. The fourth-order valence-electron chi connectivity index (χ4n) is 2.41. The van der Waals surface area contributed by atoms with Crippen molar-refractivity contribution in [2.75, 3.05) is 20.3 Å². The van der Waals surface area contributed by atoms with Crippen LogP contribution in [0.1, 0.15) is 16.8 Å². The summed E-state index contributed by atoms with van der Waals surface area (Å²) in [6.45, 7) is 0.921. The van der Waals surface area contributed by atoms with Gasteiger partial charge in [0.25, 0.3) is 15.9 Å². The number of halogens is 1. The Kier molecular flexibility index (Phi) is 5.73. The average Bonchev–Trinajstić information content (AvgIpc) is 2.91. The molecule has 0 aromatic heterocycles. The van der Waals surface area contributed by atoms with E-state index in [4.69, 9.17) is 25.8 Å². The maximum Gasteiger partial charge on any atom is 0.270 e. The van der Waals surface area contributed by atoms with Crippen LogP contribution in [0.15, 0.2) is 41.3 Å². The van der Waals surface area contributed by atoms with Crippen molar-refractivity contribution >= 4 is 27.5 Å². The zero-order chi connectivity index (χ0) is 19.4. The van der Waals surface area contributed by atoms with E-state index < -0.39 is 15.9 Å². The summed E-state index contributed by atoms with van der Waals surface area (Å²) >= 11 is 5.88. The Morgan fingerprint density at radius 2 is 1.85 bits per heavy atom. The molecule has 0 bridgehead atoms. The highest BCUT2D eigenvalue weighted by atomic mass is 35.5. The highest BCUT2D eigenvalue weighted by Crippen LogP contribution is 2.31. The monoisotopic (exact) mass is 412 g/mol. The van der Waals surface area contributed by atoms with Crippen LogP contribution in [-0.4, -0.2) is 34.6 Å². The summed E-state index contributed by atoms with van der Waals surface area (Å²) in [4.78, 5) is 14.3. The molecule has 0 spiro atoms. The van der Waals surface area contributed by atoms with E-state index in [1.807, 2.05) is 4.83 Å². The summed E-state index contributed by atoms with van der Waals surface area (Å²) in [5.41, 5.74) is 2.23. The Morgan fingerprint density at radius 3 is 2.59 bits per heavy atom. The van der Waals surface area contributed by atoms with Gasteiger partial charge in [-0.1, -0.05) is 11.6 Å². The Labute approximate surface area is 161 Å². The van der Waals surface area contributed by atoms with E-state index in [1.54, 1.807) is 6.07 Å². The van der Waals surface area contributed by atoms with Crippen molar-refractivity contribution < 1.29 is 27.4 Å². The number of sulfonamides is 1. The molecule has 2 aromatic carbocycles. The minimum Gasteiger partial charge on any atom is -0.496 e. The standard InChI is InChI=1S/C17H17ClN2O6S/c1-24-14-5-3-11(18)9-13(14)17(21)19-20-27(22,23)12-4-6-15-16(10-12)26-8-2-7-25-15/h3-6,9-10,20H,2,7-8H2,1H3,(H,19,21). The van der Waals surface area contributed by atoms with E-state index in [2.05, 4.69) is 5.43 Å². The van der Waals surface area contributed by atoms with Gasteiger partial charge in [0.2, 0.25) is 0 Å². The van der Waals surface area contributed by atoms with E-state index in [1.165, 1.54) is 37.4 Å². The number of hydrazine groups is 1. The molecule has 8 nitrogen and oxygen atoms in total. The molecule has 0 fully saturated rings. The lowest BCUT2D eigenvalue weighted by Gasteiger charge is -2.12. The van der Waals surface area contributed by atoms with Crippen molar-refractivity contribution in [1.82, 2.24) is 10.3 Å². The van der Waals surface area contributed by atoms with E-state index in [0.29, 0.717) is 36.2 Å². The molecular weight excluding hydrogens is 396 g/mol. The molecule has 1 aliphatic rings. The van der Waals surface area contributed by atoms with Crippen LogP contribution in [0.25, 0.3) is 0 Å². The van der Waals surface area contributed by atoms with Crippen LogP contribution in [-0.2, 0) is 10.0 Å². The zero-order valence-electron chi connectivity index (χ0n) is 14.3. The molecule has 0 saturated heterocycles. The molecule has 1 aliphatic heterocycles. The van der Waals surface area contributed by atoms with Crippen LogP contribution in [0.4, 0.5) is 0 Å². The quantitative estimate of drug-likeness (QED) is 0.729.